The topological polar surface area (TPSA) is 104 Å². The normalized spacial score (nSPS) is 10.5. The molecular formula is C26H28N2O6S. The summed E-state index contributed by atoms with van der Waals surface area (Å²) in [5.74, 6) is -0.143. The fourth-order valence-corrected chi connectivity index (χ4v) is 3.86. The number of amides is 1. The maximum Gasteiger partial charge on any atom is 0.339 e. The first kappa shape index (κ1) is 25.9. The van der Waals surface area contributed by atoms with E-state index in [4.69, 9.17) is 14.2 Å². The number of nitrogens with zero attached hydrogens (tertiary/aromatic N) is 1. The number of aromatic nitrogens is 1. The van der Waals surface area contributed by atoms with Crippen molar-refractivity contribution in [2.45, 2.75) is 40.2 Å². The molecule has 8 nitrogen and oxygen atoms in total. The second-order valence-corrected chi connectivity index (χ2v) is 8.49. The van der Waals surface area contributed by atoms with Crippen LogP contribution in [0, 0.1) is 0 Å². The van der Waals surface area contributed by atoms with Gasteiger partial charge >= 0.3 is 5.97 Å². The number of carbonyl (C=O) groups is 3. The van der Waals surface area contributed by atoms with Gasteiger partial charge in [-0.2, -0.15) is 0 Å². The van der Waals surface area contributed by atoms with E-state index in [1.54, 1.807) is 47.8 Å². The van der Waals surface area contributed by atoms with Gasteiger partial charge in [0.05, 0.1) is 24.5 Å². The molecule has 0 unspecified atom stereocenters. The van der Waals surface area contributed by atoms with Gasteiger partial charge in [0.2, 0.25) is 5.91 Å². The third-order valence-electron chi connectivity index (χ3n) is 4.71. The van der Waals surface area contributed by atoms with Crippen LogP contribution in [0.3, 0.4) is 0 Å². The third-order valence-corrected chi connectivity index (χ3v) is 5.51. The highest BCUT2D eigenvalue weighted by Gasteiger charge is 2.21. The summed E-state index contributed by atoms with van der Waals surface area (Å²) in [5, 5.41) is 4.70. The van der Waals surface area contributed by atoms with E-state index in [0.29, 0.717) is 41.1 Å². The highest BCUT2D eigenvalue weighted by Crippen LogP contribution is 2.30. The second-order valence-electron chi connectivity index (χ2n) is 7.63. The molecule has 0 saturated heterocycles. The third kappa shape index (κ3) is 7.13. The van der Waals surface area contributed by atoms with Crippen LogP contribution >= 0.6 is 11.3 Å². The predicted molar refractivity (Wildman–Crippen MR) is 133 cm³/mol. The maximum absolute atomic E-state index is 13.3. The van der Waals surface area contributed by atoms with Crippen molar-refractivity contribution >= 4 is 34.1 Å². The Labute approximate surface area is 208 Å². The Kier molecular flexibility index (Phi) is 9.37. The summed E-state index contributed by atoms with van der Waals surface area (Å²) in [6, 6.07) is 11.5. The summed E-state index contributed by atoms with van der Waals surface area (Å²) in [4.78, 5) is 41.5. The van der Waals surface area contributed by atoms with Crippen molar-refractivity contribution in [1.29, 1.82) is 0 Å². The number of carbonyl (C=O) groups excluding carboxylic acids is 3. The van der Waals surface area contributed by atoms with E-state index in [1.165, 1.54) is 18.3 Å². The minimum absolute atomic E-state index is 0.0874. The molecule has 0 radical (unpaired) electrons. The van der Waals surface area contributed by atoms with Crippen LogP contribution in [0.4, 0.5) is 5.13 Å². The summed E-state index contributed by atoms with van der Waals surface area (Å²) >= 11 is 1.23. The molecule has 3 rings (SSSR count). The van der Waals surface area contributed by atoms with Crippen molar-refractivity contribution in [2.24, 2.45) is 0 Å². The average Bonchev–Trinajstić information content (AvgIpc) is 3.31. The molecule has 0 atom stereocenters. The van der Waals surface area contributed by atoms with E-state index < -0.39 is 5.97 Å². The zero-order chi connectivity index (χ0) is 25.2. The second kappa shape index (κ2) is 12.7. The molecule has 3 aromatic rings. The highest BCUT2D eigenvalue weighted by molar-refractivity contribution is 7.13. The van der Waals surface area contributed by atoms with Crippen LogP contribution in [0.1, 0.15) is 65.6 Å². The van der Waals surface area contributed by atoms with Crippen molar-refractivity contribution < 1.29 is 28.6 Å². The number of benzene rings is 2. The van der Waals surface area contributed by atoms with Gasteiger partial charge in [-0.3, -0.25) is 9.59 Å². The molecule has 0 aliphatic heterocycles. The Bertz CT molecular complexity index is 1190. The molecule has 35 heavy (non-hydrogen) atoms. The Morgan fingerprint density at radius 2 is 1.63 bits per heavy atom. The van der Waals surface area contributed by atoms with Gasteiger partial charge in [0.1, 0.15) is 6.61 Å². The molecule has 0 fully saturated rings. The van der Waals surface area contributed by atoms with E-state index in [1.807, 2.05) is 13.8 Å². The summed E-state index contributed by atoms with van der Waals surface area (Å²) in [7, 11) is 0. The van der Waals surface area contributed by atoms with E-state index in [9.17, 15) is 14.4 Å². The van der Waals surface area contributed by atoms with Crippen LogP contribution in [0.2, 0.25) is 0 Å². The van der Waals surface area contributed by atoms with Crippen LogP contribution < -0.4 is 14.8 Å². The van der Waals surface area contributed by atoms with Crippen LogP contribution in [-0.4, -0.2) is 35.9 Å². The Balaban J connectivity index is 1.78. The molecule has 1 N–H and O–H groups in total. The van der Waals surface area contributed by atoms with Crippen molar-refractivity contribution in [3.8, 4) is 11.5 Å². The Morgan fingerprint density at radius 1 is 0.943 bits per heavy atom. The SMILES string of the molecule is CCCOc1ccc(C(=O)c2ccccc2C(=O)OCc2csc(NC(C)=O)n2)cc1OCCC. The van der Waals surface area contributed by atoms with Gasteiger partial charge in [-0.1, -0.05) is 32.0 Å². The van der Waals surface area contributed by atoms with Crippen molar-refractivity contribution in [1.82, 2.24) is 4.98 Å². The average molecular weight is 497 g/mol. The summed E-state index contributed by atoms with van der Waals surface area (Å²) in [6.07, 6.45) is 1.66. The van der Waals surface area contributed by atoms with Crippen LogP contribution in [0.25, 0.3) is 0 Å². The fraction of sp³-hybridized carbons (Fsp3) is 0.308. The zero-order valence-electron chi connectivity index (χ0n) is 20.0. The first-order valence-corrected chi connectivity index (χ1v) is 12.2. The van der Waals surface area contributed by atoms with Crippen molar-refractivity contribution in [3.05, 3.63) is 70.2 Å². The lowest BCUT2D eigenvalue weighted by Crippen LogP contribution is -2.13. The lowest BCUT2D eigenvalue weighted by atomic mass is 9.98. The number of thiazole rings is 1. The lowest BCUT2D eigenvalue weighted by Gasteiger charge is -2.14. The number of nitrogens with one attached hydrogen (secondary N) is 1. The minimum atomic E-state index is -0.645. The number of hydrogen-bond acceptors (Lipinski definition) is 8. The predicted octanol–water partition coefficient (Wildman–Crippen LogP) is 5.27. The molecule has 9 heteroatoms. The number of rotatable bonds is 12. The van der Waals surface area contributed by atoms with Crippen LogP contribution in [0.5, 0.6) is 11.5 Å². The quantitative estimate of drug-likeness (QED) is 0.269. The Morgan fingerprint density at radius 3 is 2.31 bits per heavy atom. The maximum atomic E-state index is 13.3. The van der Waals surface area contributed by atoms with Crippen LogP contribution in [-0.2, 0) is 16.1 Å². The standard InChI is InChI=1S/C26H28N2O6S/c1-4-12-32-22-11-10-18(14-23(22)33-13-5-2)24(30)20-8-6-7-9-21(20)25(31)34-15-19-16-35-26(28-19)27-17(3)29/h6-11,14,16H,4-5,12-13,15H2,1-3H3,(H,27,28,29). The first-order valence-electron chi connectivity index (χ1n) is 11.3. The van der Waals surface area contributed by atoms with E-state index in [2.05, 4.69) is 10.3 Å². The number of anilines is 1. The molecular weight excluding hydrogens is 468 g/mol. The van der Waals surface area contributed by atoms with Gasteiger partial charge in [0.15, 0.2) is 22.4 Å². The monoisotopic (exact) mass is 496 g/mol. The number of esters is 1. The van der Waals surface area contributed by atoms with Gasteiger partial charge in [-0.05, 0) is 37.1 Å². The molecule has 0 bridgehead atoms. The van der Waals surface area contributed by atoms with Crippen molar-refractivity contribution in [3.63, 3.8) is 0 Å². The number of ketones is 1. The van der Waals surface area contributed by atoms with Gasteiger partial charge in [0.25, 0.3) is 0 Å². The molecule has 1 aromatic heterocycles. The Hall–Kier alpha value is -3.72. The summed E-state index contributed by atoms with van der Waals surface area (Å²) in [5.41, 5.74) is 1.24. The molecule has 184 valence electrons. The molecule has 1 heterocycles. The largest absolute Gasteiger partial charge is 0.490 e. The van der Waals surface area contributed by atoms with E-state index >= 15 is 0 Å². The number of ether oxygens (including phenoxy) is 3. The molecule has 0 aliphatic rings. The van der Waals surface area contributed by atoms with E-state index in [0.717, 1.165) is 12.8 Å². The zero-order valence-corrected chi connectivity index (χ0v) is 20.8. The molecule has 2 aromatic carbocycles. The smallest absolute Gasteiger partial charge is 0.339 e. The molecule has 0 saturated carbocycles. The minimum Gasteiger partial charge on any atom is -0.490 e. The van der Waals surface area contributed by atoms with Gasteiger partial charge in [-0.15, -0.1) is 11.3 Å². The van der Waals surface area contributed by atoms with Gasteiger partial charge in [-0.25, -0.2) is 9.78 Å². The van der Waals surface area contributed by atoms with Crippen LogP contribution in [0.15, 0.2) is 47.8 Å². The first-order chi connectivity index (χ1) is 16.9. The molecule has 0 aliphatic carbocycles. The highest BCUT2D eigenvalue weighted by atomic mass is 32.1. The fourth-order valence-electron chi connectivity index (χ4n) is 3.12. The van der Waals surface area contributed by atoms with Crippen molar-refractivity contribution in [2.75, 3.05) is 18.5 Å². The van der Waals surface area contributed by atoms with Gasteiger partial charge in [0, 0.05) is 23.4 Å². The summed E-state index contributed by atoms with van der Waals surface area (Å²) in [6.45, 7) is 6.33. The lowest BCUT2D eigenvalue weighted by molar-refractivity contribution is -0.114. The molecule has 0 spiro atoms. The number of hydrogen-bond donors (Lipinski definition) is 1. The summed E-state index contributed by atoms with van der Waals surface area (Å²) < 4.78 is 16.9. The molecule has 1 amide bonds. The van der Waals surface area contributed by atoms with E-state index in [-0.39, 0.29) is 29.4 Å². The van der Waals surface area contributed by atoms with Gasteiger partial charge < -0.3 is 19.5 Å².